The zero-order valence-corrected chi connectivity index (χ0v) is 15.0. The van der Waals surface area contributed by atoms with Gasteiger partial charge in [0.05, 0.1) is 28.3 Å². The number of nitrogens with zero attached hydrogens (tertiary/aromatic N) is 3. The molecule has 1 atom stereocenters. The van der Waals surface area contributed by atoms with Gasteiger partial charge in [-0.2, -0.15) is 16.9 Å². The van der Waals surface area contributed by atoms with Crippen molar-refractivity contribution in [3.8, 4) is 0 Å². The molecule has 0 bridgehead atoms. The molecule has 2 aliphatic rings. The summed E-state index contributed by atoms with van der Waals surface area (Å²) in [6, 6.07) is 2.14. The molecule has 0 saturated carbocycles. The van der Waals surface area contributed by atoms with E-state index < -0.39 is 0 Å². The number of aromatic nitrogens is 4. The summed E-state index contributed by atoms with van der Waals surface area (Å²) in [5.74, 6) is 3.05. The van der Waals surface area contributed by atoms with Crippen LogP contribution in [-0.2, 0) is 11.8 Å². The zero-order chi connectivity index (χ0) is 16.7. The molecular formula is C15H19N5O2S2. The summed E-state index contributed by atoms with van der Waals surface area (Å²) in [6.45, 7) is 0. The summed E-state index contributed by atoms with van der Waals surface area (Å²) >= 11 is 3.40. The molecule has 2 N–H and O–H groups in total. The number of rotatable bonds is 2. The number of H-pyrrole nitrogens is 1. The predicted molar refractivity (Wildman–Crippen MR) is 96.8 cm³/mol. The van der Waals surface area contributed by atoms with E-state index in [1.165, 1.54) is 11.8 Å². The van der Waals surface area contributed by atoms with Gasteiger partial charge >= 0.3 is 0 Å². The summed E-state index contributed by atoms with van der Waals surface area (Å²) in [7, 11) is 1.86. The Morgan fingerprint density at radius 1 is 1.29 bits per heavy atom. The molecule has 4 heterocycles. The molecule has 0 unspecified atom stereocenters. The standard InChI is InChI=1S/C15H19N5O2S2/c1-19-10(2-5-16-19)13-12-14(17-11(21)8-24-13)20(18-15(12)22)9-3-6-23-7-4-9/h2,5,9,13H,3-4,6-8H2,1H3,(H,17,21)(H,18,22)/t13-/m0/s1. The van der Waals surface area contributed by atoms with E-state index >= 15 is 0 Å². The second-order valence-corrected chi connectivity index (χ2v) is 8.35. The fourth-order valence-corrected chi connectivity index (χ4v) is 5.59. The van der Waals surface area contributed by atoms with Gasteiger partial charge in [0.25, 0.3) is 5.56 Å². The van der Waals surface area contributed by atoms with Crippen LogP contribution in [0.2, 0.25) is 0 Å². The smallest absolute Gasteiger partial charge is 0.271 e. The van der Waals surface area contributed by atoms with Gasteiger partial charge in [0.2, 0.25) is 5.91 Å². The highest BCUT2D eigenvalue weighted by molar-refractivity contribution is 8.00. The summed E-state index contributed by atoms with van der Waals surface area (Å²) < 4.78 is 3.66. The van der Waals surface area contributed by atoms with E-state index in [0.717, 1.165) is 30.0 Å². The first-order valence-electron chi connectivity index (χ1n) is 7.96. The Kier molecular flexibility index (Phi) is 4.21. The van der Waals surface area contributed by atoms with Crippen LogP contribution in [0.25, 0.3) is 0 Å². The average Bonchev–Trinajstić information content (AvgIpc) is 3.09. The van der Waals surface area contributed by atoms with Gasteiger partial charge in [-0.15, -0.1) is 11.8 Å². The molecular weight excluding hydrogens is 346 g/mol. The molecule has 1 saturated heterocycles. The Bertz CT molecular complexity index is 818. The maximum absolute atomic E-state index is 12.7. The second-order valence-electron chi connectivity index (χ2n) is 6.04. The van der Waals surface area contributed by atoms with Crippen LogP contribution in [0.1, 0.15) is 35.4 Å². The van der Waals surface area contributed by atoms with Crippen LogP contribution in [0.15, 0.2) is 17.1 Å². The van der Waals surface area contributed by atoms with Crippen molar-refractivity contribution in [1.29, 1.82) is 0 Å². The predicted octanol–water partition coefficient (Wildman–Crippen LogP) is 1.75. The number of fused-ring (bicyclic) bond motifs is 1. The van der Waals surface area contributed by atoms with Crippen molar-refractivity contribution in [3.05, 3.63) is 33.9 Å². The quantitative estimate of drug-likeness (QED) is 0.847. The number of anilines is 1. The molecule has 0 aliphatic carbocycles. The third-order valence-electron chi connectivity index (χ3n) is 4.55. The largest absolute Gasteiger partial charge is 0.310 e. The first-order chi connectivity index (χ1) is 11.6. The fourth-order valence-electron chi connectivity index (χ4n) is 3.34. The zero-order valence-electron chi connectivity index (χ0n) is 13.3. The number of amides is 1. The topological polar surface area (TPSA) is 84.7 Å². The van der Waals surface area contributed by atoms with E-state index in [9.17, 15) is 9.59 Å². The van der Waals surface area contributed by atoms with Gasteiger partial charge in [0.15, 0.2) is 0 Å². The molecule has 0 aromatic carbocycles. The molecule has 128 valence electrons. The third-order valence-corrected chi connectivity index (χ3v) is 6.84. The summed E-state index contributed by atoms with van der Waals surface area (Å²) in [5.41, 5.74) is 1.44. The molecule has 4 rings (SSSR count). The van der Waals surface area contributed by atoms with Gasteiger partial charge < -0.3 is 5.32 Å². The molecule has 0 radical (unpaired) electrons. The summed E-state index contributed by atoms with van der Waals surface area (Å²) in [5, 5.41) is 9.95. The molecule has 2 aromatic heterocycles. The van der Waals surface area contributed by atoms with Gasteiger partial charge in [-0.25, -0.2) is 0 Å². The second kappa shape index (κ2) is 6.36. The van der Waals surface area contributed by atoms with Crippen molar-refractivity contribution in [2.45, 2.75) is 24.1 Å². The van der Waals surface area contributed by atoms with Gasteiger partial charge in [-0.3, -0.25) is 24.1 Å². The Balaban J connectivity index is 1.83. The number of carbonyl (C=O) groups excluding carboxylic acids is 1. The van der Waals surface area contributed by atoms with Crippen LogP contribution in [0.3, 0.4) is 0 Å². The Morgan fingerprint density at radius 3 is 2.79 bits per heavy atom. The molecule has 1 amide bonds. The highest BCUT2D eigenvalue weighted by Gasteiger charge is 2.33. The van der Waals surface area contributed by atoms with Crippen molar-refractivity contribution >= 4 is 35.2 Å². The molecule has 9 heteroatoms. The lowest BCUT2D eigenvalue weighted by Gasteiger charge is -2.24. The third kappa shape index (κ3) is 2.69. The van der Waals surface area contributed by atoms with Crippen molar-refractivity contribution in [1.82, 2.24) is 19.6 Å². The minimum atomic E-state index is -0.200. The Hall–Kier alpha value is -1.61. The lowest BCUT2D eigenvalue weighted by Crippen LogP contribution is -2.22. The van der Waals surface area contributed by atoms with Crippen molar-refractivity contribution in [3.63, 3.8) is 0 Å². The average molecular weight is 365 g/mol. The first-order valence-corrected chi connectivity index (χ1v) is 10.2. The van der Waals surface area contributed by atoms with E-state index in [-0.39, 0.29) is 22.8 Å². The van der Waals surface area contributed by atoms with Crippen molar-refractivity contribution in [2.24, 2.45) is 7.05 Å². The van der Waals surface area contributed by atoms with E-state index in [1.54, 1.807) is 10.9 Å². The van der Waals surface area contributed by atoms with Crippen LogP contribution >= 0.6 is 23.5 Å². The Labute approximate surface area is 147 Å². The minimum absolute atomic E-state index is 0.0659. The molecule has 24 heavy (non-hydrogen) atoms. The number of hydrogen-bond acceptors (Lipinski definition) is 5. The van der Waals surface area contributed by atoms with E-state index in [1.807, 2.05) is 29.6 Å². The van der Waals surface area contributed by atoms with Crippen molar-refractivity contribution in [2.75, 3.05) is 22.6 Å². The molecule has 2 aliphatic heterocycles. The van der Waals surface area contributed by atoms with E-state index in [4.69, 9.17) is 0 Å². The van der Waals surface area contributed by atoms with Gasteiger partial charge in [0, 0.05) is 13.2 Å². The highest BCUT2D eigenvalue weighted by Crippen LogP contribution is 2.41. The molecule has 2 aromatic rings. The number of aromatic amines is 1. The maximum Gasteiger partial charge on any atom is 0.271 e. The fraction of sp³-hybridized carbons (Fsp3) is 0.533. The van der Waals surface area contributed by atoms with Gasteiger partial charge in [-0.05, 0) is 30.4 Å². The van der Waals surface area contributed by atoms with Crippen LogP contribution in [0.5, 0.6) is 0 Å². The maximum atomic E-state index is 12.7. The SMILES string of the molecule is Cn1nccc1[C@@H]1SCC(=O)Nc2c1c(=O)[nH]n2C1CCSCC1. The Morgan fingerprint density at radius 2 is 2.08 bits per heavy atom. The summed E-state index contributed by atoms with van der Waals surface area (Å²) in [6.07, 6.45) is 3.72. The van der Waals surface area contributed by atoms with Crippen LogP contribution < -0.4 is 10.9 Å². The molecule has 7 nitrogen and oxygen atoms in total. The normalized spacial score (nSPS) is 22.0. The number of aryl methyl sites for hydroxylation is 1. The molecule has 0 spiro atoms. The monoisotopic (exact) mass is 365 g/mol. The minimum Gasteiger partial charge on any atom is -0.310 e. The lowest BCUT2D eigenvalue weighted by molar-refractivity contribution is -0.113. The van der Waals surface area contributed by atoms with Crippen molar-refractivity contribution < 1.29 is 4.79 Å². The van der Waals surface area contributed by atoms with Crippen LogP contribution in [0.4, 0.5) is 5.82 Å². The lowest BCUT2D eigenvalue weighted by atomic mass is 10.1. The first kappa shape index (κ1) is 15.9. The highest BCUT2D eigenvalue weighted by atomic mass is 32.2. The van der Waals surface area contributed by atoms with Crippen LogP contribution in [-0.4, -0.2) is 42.7 Å². The van der Waals surface area contributed by atoms with Gasteiger partial charge in [-0.1, -0.05) is 0 Å². The number of carbonyl (C=O) groups is 1. The van der Waals surface area contributed by atoms with Gasteiger partial charge in [0.1, 0.15) is 5.82 Å². The number of nitrogens with one attached hydrogen (secondary N) is 2. The van der Waals surface area contributed by atoms with Crippen LogP contribution in [0, 0.1) is 0 Å². The molecule has 1 fully saturated rings. The van der Waals surface area contributed by atoms with E-state index in [2.05, 4.69) is 15.5 Å². The van der Waals surface area contributed by atoms with E-state index in [0.29, 0.717) is 17.1 Å². The number of hydrogen-bond donors (Lipinski definition) is 2. The number of thioether (sulfide) groups is 2. The summed E-state index contributed by atoms with van der Waals surface area (Å²) in [4.78, 5) is 24.9.